The van der Waals surface area contributed by atoms with Crippen LogP contribution in [0.5, 0.6) is 0 Å². The highest BCUT2D eigenvalue weighted by atomic mass is 35.5. The molecule has 0 atom stereocenters. The second-order valence-corrected chi connectivity index (χ2v) is 5.64. The van der Waals surface area contributed by atoms with Crippen LogP contribution in [0.4, 0.5) is 4.39 Å². The molecule has 0 unspecified atom stereocenters. The summed E-state index contributed by atoms with van der Waals surface area (Å²) in [7, 11) is 0. The van der Waals surface area contributed by atoms with Crippen LogP contribution in [0.2, 0.25) is 10.2 Å². The topological polar surface area (TPSA) is 34.9 Å². The summed E-state index contributed by atoms with van der Waals surface area (Å²) in [4.78, 5) is 16.3. The van der Waals surface area contributed by atoms with E-state index in [1.807, 2.05) is 0 Å². The Labute approximate surface area is 125 Å². The van der Waals surface area contributed by atoms with Crippen LogP contribution >= 0.6 is 23.2 Å². The molecule has 1 aliphatic rings. The zero-order chi connectivity index (χ0) is 14.3. The maximum absolute atomic E-state index is 14.0. The van der Waals surface area contributed by atoms with Crippen LogP contribution in [0.25, 0.3) is 0 Å². The van der Waals surface area contributed by atoms with Crippen molar-refractivity contribution in [2.45, 2.75) is 25.3 Å². The first-order valence-electron chi connectivity index (χ1n) is 6.26. The average Bonchev–Trinajstić information content (AvgIpc) is 3.21. The zero-order valence-electron chi connectivity index (χ0n) is 10.4. The van der Waals surface area contributed by atoms with Gasteiger partial charge in [-0.2, -0.15) is 0 Å². The molecule has 2 aromatic rings. The molecule has 6 heteroatoms. The summed E-state index contributed by atoms with van der Waals surface area (Å²) >= 11 is 11.6. The highest BCUT2D eigenvalue weighted by Crippen LogP contribution is 2.39. The lowest BCUT2D eigenvalue weighted by atomic mass is 10.2. The SMILES string of the molecule is O=c1cc(Cl)nc(C2CC2)n1Cc1cccc(Cl)c1F. The minimum absolute atomic E-state index is 0.0467. The Bertz CT molecular complexity index is 726. The lowest BCUT2D eigenvalue weighted by Gasteiger charge is -2.12. The molecule has 1 aromatic heterocycles. The van der Waals surface area contributed by atoms with Gasteiger partial charge in [-0.15, -0.1) is 0 Å². The molecule has 0 aliphatic heterocycles. The maximum Gasteiger partial charge on any atom is 0.255 e. The normalized spacial score (nSPS) is 14.6. The fourth-order valence-electron chi connectivity index (χ4n) is 2.15. The van der Waals surface area contributed by atoms with E-state index in [4.69, 9.17) is 23.2 Å². The van der Waals surface area contributed by atoms with Gasteiger partial charge in [0.15, 0.2) is 0 Å². The summed E-state index contributed by atoms with van der Waals surface area (Å²) < 4.78 is 15.4. The molecular weight excluding hydrogens is 302 g/mol. The van der Waals surface area contributed by atoms with Crippen LogP contribution in [-0.4, -0.2) is 9.55 Å². The molecule has 0 spiro atoms. The van der Waals surface area contributed by atoms with Gasteiger partial charge in [0.25, 0.3) is 5.56 Å². The Kier molecular flexibility index (Phi) is 3.52. The van der Waals surface area contributed by atoms with Gasteiger partial charge in [0.1, 0.15) is 16.8 Å². The van der Waals surface area contributed by atoms with Crippen LogP contribution in [0.1, 0.15) is 30.1 Å². The summed E-state index contributed by atoms with van der Waals surface area (Å²) in [6, 6.07) is 5.99. The number of hydrogen-bond acceptors (Lipinski definition) is 2. The maximum atomic E-state index is 14.0. The monoisotopic (exact) mass is 312 g/mol. The van der Waals surface area contributed by atoms with Gasteiger partial charge in [0.2, 0.25) is 0 Å². The summed E-state index contributed by atoms with van der Waals surface area (Å²) in [5, 5.41) is 0.227. The van der Waals surface area contributed by atoms with E-state index in [1.165, 1.54) is 16.7 Å². The summed E-state index contributed by atoms with van der Waals surface area (Å²) in [6.45, 7) is 0.112. The zero-order valence-corrected chi connectivity index (χ0v) is 12.0. The molecule has 3 rings (SSSR count). The van der Waals surface area contributed by atoms with Crippen molar-refractivity contribution < 1.29 is 4.39 Å². The Morgan fingerprint density at radius 1 is 1.35 bits per heavy atom. The van der Waals surface area contributed by atoms with E-state index in [9.17, 15) is 9.18 Å². The van der Waals surface area contributed by atoms with E-state index in [1.54, 1.807) is 12.1 Å². The quantitative estimate of drug-likeness (QED) is 0.811. The lowest BCUT2D eigenvalue weighted by Crippen LogP contribution is -2.25. The van der Waals surface area contributed by atoms with Crippen molar-refractivity contribution in [1.29, 1.82) is 0 Å². The Hall–Kier alpha value is -1.39. The lowest BCUT2D eigenvalue weighted by molar-refractivity contribution is 0.585. The van der Waals surface area contributed by atoms with Gasteiger partial charge in [-0.25, -0.2) is 9.37 Å². The first kappa shape index (κ1) is 13.6. The minimum Gasteiger partial charge on any atom is -0.292 e. The molecule has 1 aromatic carbocycles. The van der Waals surface area contributed by atoms with Crippen molar-refractivity contribution >= 4 is 23.2 Å². The molecule has 0 radical (unpaired) electrons. The van der Waals surface area contributed by atoms with Crippen molar-refractivity contribution in [2.24, 2.45) is 0 Å². The van der Waals surface area contributed by atoms with Crippen molar-refractivity contribution in [3.8, 4) is 0 Å². The number of benzene rings is 1. The molecule has 0 N–H and O–H groups in total. The third-order valence-electron chi connectivity index (χ3n) is 3.31. The standard InChI is InChI=1S/C14H11Cl2FN2O/c15-10-3-1-2-9(13(10)17)7-19-12(20)6-11(16)18-14(19)8-4-5-8/h1-3,6,8H,4-5,7H2. The second-order valence-electron chi connectivity index (χ2n) is 4.85. The third kappa shape index (κ3) is 2.58. The molecule has 1 aliphatic carbocycles. The van der Waals surface area contributed by atoms with Crippen molar-refractivity contribution in [3.05, 3.63) is 62.0 Å². The predicted octanol–water partition coefficient (Wildman–Crippen LogP) is 3.61. The van der Waals surface area contributed by atoms with Crippen LogP contribution in [0, 0.1) is 5.82 Å². The van der Waals surface area contributed by atoms with Gasteiger partial charge in [-0.1, -0.05) is 35.3 Å². The molecule has 1 heterocycles. The first-order chi connectivity index (χ1) is 9.56. The van der Waals surface area contributed by atoms with Crippen molar-refractivity contribution in [1.82, 2.24) is 9.55 Å². The van der Waals surface area contributed by atoms with Gasteiger partial charge >= 0.3 is 0 Å². The Morgan fingerprint density at radius 2 is 2.10 bits per heavy atom. The minimum atomic E-state index is -0.502. The molecule has 0 saturated heterocycles. The molecule has 104 valence electrons. The second kappa shape index (κ2) is 5.19. The molecule has 0 bridgehead atoms. The molecule has 1 saturated carbocycles. The van der Waals surface area contributed by atoms with E-state index < -0.39 is 5.82 Å². The van der Waals surface area contributed by atoms with Gasteiger partial charge in [-0.05, 0) is 18.9 Å². The molecular formula is C14H11Cl2FN2O. The largest absolute Gasteiger partial charge is 0.292 e. The summed E-state index contributed by atoms with van der Waals surface area (Å²) in [6.07, 6.45) is 1.95. The number of rotatable bonds is 3. The fraction of sp³-hybridized carbons (Fsp3) is 0.286. The van der Waals surface area contributed by atoms with E-state index in [0.717, 1.165) is 12.8 Å². The first-order valence-corrected chi connectivity index (χ1v) is 7.02. The van der Waals surface area contributed by atoms with Crippen LogP contribution in [0.15, 0.2) is 29.1 Å². The third-order valence-corrected chi connectivity index (χ3v) is 3.79. The van der Waals surface area contributed by atoms with E-state index in [2.05, 4.69) is 4.98 Å². The van der Waals surface area contributed by atoms with E-state index in [-0.39, 0.29) is 28.2 Å². The fourth-order valence-corrected chi connectivity index (χ4v) is 2.52. The summed E-state index contributed by atoms with van der Waals surface area (Å²) in [5.41, 5.74) is 0.0943. The van der Waals surface area contributed by atoms with Crippen LogP contribution in [0.3, 0.4) is 0 Å². The van der Waals surface area contributed by atoms with E-state index in [0.29, 0.717) is 11.4 Å². The molecule has 3 nitrogen and oxygen atoms in total. The van der Waals surface area contributed by atoms with Crippen molar-refractivity contribution in [3.63, 3.8) is 0 Å². The molecule has 0 amide bonds. The number of nitrogens with zero attached hydrogens (tertiary/aromatic N) is 2. The van der Waals surface area contributed by atoms with E-state index >= 15 is 0 Å². The van der Waals surface area contributed by atoms with Gasteiger partial charge in [-0.3, -0.25) is 9.36 Å². The van der Waals surface area contributed by atoms with Crippen LogP contribution < -0.4 is 5.56 Å². The Morgan fingerprint density at radius 3 is 2.80 bits per heavy atom. The number of halogens is 3. The number of aromatic nitrogens is 2. The highest BCUT2D eigenvalue weighted by Gasteiger charge is 2.29. The summed E-state index contributed by atoms with van der Waals surface area (Å²) in [5.74, 6) is 0.364. The van der Waals surface area contributed by atoms with Crippen LogP contribution in [-0.2, 0) is 6.54 Å². The molecule has 20 heavy (non-hydrogen) atoms. The Balaban J connectivity index is 2.06. The van der Waals surface area contributed by atoms with Gasteiger partial charge in [0, 0.05) is 17.5 Å². The number of hydrogen-bond donors (Lipinski definition) is 0. The average molecular weight is 313 g/mol. The van der Waals surface area contributed by atoms with Gasteiger partial charge < -0.3 is 0 Å². The van der Waals surface area contributed by atoms with Gasteiger partial charge in [0.05, 0.1) is 11.6 Å². The molecule has 1 fully saturated rings. The smallest absolute Gasteiger partial charge is 0.255 e. The highest BCUT2D eigenvalue weighted by molar-refractivity contribution is 6.30. The van der Waals surface area contributed by atoms with Crippen molar-refractivity contribution in [2.75, 3.05) is 0 Å². The predicted molar refractivity (Wildman–Crippen MR) is 76.0 cm³/mol.